The van der Waals surface area contributed by atoms with E-state index in [2.05, 4.69) is 6.92 Å². The third-order valence-corrected chi connectivity index (χ3v) is 3.51. The van der Waals surface area contributed by atoms with Crippen molar-refractivity contribution in [2.45, 2.75) is 13.0 Å². The third kappa shape index (κ3) is 3.36. The zero-order valence-electron chi connectivity index (χ0n) is 10.3. The van der Waals surface area contributed by atoms with Crippen LogP contribution in [0, 0.1) is 11.2 Å². The minimum absolute atomic E-state index is 0.109. The summed E-state index contributed by atoms with van der Waals surface area (Å²) in [4.78, 5) is 2.02. The van der Waals surface area contributed by atoms with Crippen LogP contribution >= 0.6 is 11.8 Å². The minimum Gasteiger partial charge on any atom is -0.384 e. The number of benzene rings is 1. The summed E-state index contributed by atoms with van der Waals surface area (Å²) in [7, 11) is 1.93. The van der Waals surface area contributed by atoms with Crippen molar-refractivity contribution in [1.29, 1.82) is 5.41 Å². The summed E-state index contributed by atoms with van der Waals surface area (Å²) in [5.74, 6) is 0.484. The highest BCUT2D eigenvalue weighted by Crippen LogP contribution is 2.23. The van der Waals surface area contributed by atoms with Crippen molar-refractivity contribution in [3.05, 3.63) is 29.6 Å². The molecule has 1 aromatic carbocycles. The van der Waals surface area contributed by atoms with Crippen molar-refractivity contribution in [3.8, 4) is 0 Å². The molecule has 17 heavy (non-hydrogen) atoms. The molecule has 0 heterocycles. The van der Waals surface area contributed by atoms with Gasteiger partial charge in [0.15, 0.2) is 0 Å². The van der Waals surface area contributed by atoms with Gasteiger partial charge in [-0.15, -0.1) is 0 Å². The van der Waals surface area contributed by atoms with Crippen LogP contribution in [-0.2, 0) is 0 Å². The quantitative estimate of drug-likeness (QED) is 0.627. The van der Waals surface area contributed by atoms with E-state index in [-0.39, 0.29) is 11.7 Å². The van der Waals surface area contributed by atoms with Gasteiger partial charge in [-0.25, -0.2) is 4.39 Å². The molecule has 0 saturated carbocycles. The number of nitrogens with zero attached hydrogens (tertiary/aromatic N) is 1. The normalized spacial score (nSPS) is 12.2. The first-order chi connectivity index (χ1) is 7.97. The maximum atomic E-state index is 13.1. The summed E-state index contributed by atoms with van der Waals surface area (Å²) in [6, 6.07) is 4.67. The van der Waals surface area contributed by atoms with Crippen LogP contribution in [0.15, 0.2) is 18.2 Å². The molecule has 5 heteroatoms. The van der Waals surface area contributed by atoms with E-state index in [4.69, 9.17) is 11.1 Å². The fraction of sp³-hybridized carbons (Fsp3) is 0.417. The van der Waals surface area contributed by atoms with Gasteiger partial charge in [0, 0.05) is 30.1 Å². The van der Waals surface area contributed by atoms with Crippen LogP contribution < -0.4 is 10.6 Å². The van der Waals surface area contributed by atoms with Crippen LogP contribution in [0.25, 0.3) is 0 Å². The van der Waals surface area contributed by atoms with E-state index >= 15 is 0 Å². The van der Waals surface area contributed by atoms with Crippen molar-refractivity contribution in [2.75, 3.05) is 24.0 Å². The van der Waals surface area contributed by atoms with Gasteiger partial charge in [0.25, 0.3) is 0 Å². The van der Waals surface area contributed by atoms with Crippen LogP contribution in [0.4, 0.5) is 10.1 Å². The molecule has 1 atom stereocenters. The highest BCUT2D eigenvalue weighted by atomic mass is 32.2. The minimum atomic E-state index is -0.370. The van der Waals surface area contributed by atoms with E-state index in [9.17, 15) is 4.39 Å². The van der Waals surface area contributed by atoms with E-state index in [0.29, 0.717) is 11.6 Å². The summed E-state index contributed by atoms with van der Waals surface area (Å²) in [5, 5.41) is 7.49. The molecule has 0 amide bonds. The van der Waals surface area contributed by atoms with E-state index < -0.39 is 0 Å². The molecule has 0 fully saturated rings. The first-order valence-electron chi connectivity index (χ1n) is 5.33. The maximum Gasteiger partial charge on any atom is 0.125 e. The molecule has 1 aromatic rings. The van der Waals surface area contributed by atoms with Crippen LogP contribution in [0.1, 0.15) is 12.5 Å². The standard InChI is InChI=1S/C12H18FN3S/c1-8(7-17-3)16(2)11-5-4-9(13)6-10(11)12(14)15/h4-6,8H,7H2,1-3H3,(H3,14,15). The first-order valence-corrected chi connectivity index (χ1v) is 6.72. The Kier molecular flexibility index (Phi) is 4.81. The summed E-state index contributed by atoms with van der Waals surface area (Å²) in [6.45, 7) is 2.09. The van der Waals surface area contributed by atoms with Crippen molar-refractivity contribution in [1.82, 2.24) is 0 Å². The zero-order valence-corrected chi connectivity index (χ0v) is 11.1. The number of hydrogen-bond donors (Lipinski definition) is 2. The van der Waals surface area contributed by atoms with Gasteiger partial charge >= 0.3 is 0 Å². The van der Waals surface area contributed by atoms with Crippen molar-refractivity contribution < 1.29 is 4.39 Å². The molecular weight excluding hydrogens is 237 g/mol. The lowest BCUT2D eigenvalue weighted by atomic mass is 10.1. The lowest BCUT2D eigenvalue weighted by Gasteiger charge is -2.28. The predicted molar refractivity (Wildman–Crippen MR) is 73.7 cm³/mol. The maximum absolute atomic E-state index is 13.1. The molecule has 0 aliphatic heterocycles. The van der Waals surface area contributed by atoms with Gasteiger partial charge < -0.3 is 10.6 Å². The SMILES string of the molecule is CSCC(C)N(C)c1ccc(F)cc1C(=N)N. The molecule has 0 radical (unpaired) electrons. The highest BCUT2D eigenvalue weighted by molar-refractivity contribution is 7.98. The zero-order chi connectivity index (χ0) is 13.0. The van der Waals surface area contributed by atoms with Crippen LogP contribution in [0.5, 0.6) is 0 Å². The van der Waals surface area contributed by atoms with Gasteiger partial charge in [-0.1, -0.05) is 0 Å². The fourth-order valence-corrected chi connectivity index (χ4v) is 2.33. The largest absolute Gasteiger partial charge is 0.384 e. The van der Waals surface area contributed by atoms with Gasteiger partial charge in [0.2, 0.25) is 0 Å². The monoisotopic (exact) mass is 255 g/mol. The summed E-state index contributed by atoms with van der Waals surface area (Å²) >= 11 is 1.75. The number of nitrogen functional groups attached to an aromatic ring is 1. The molecule has 3 nitrogen and oxygen atoms in total. The Morgan fingerprint density at radius 2 is 2.24 bits per heavy atom. The Bertz CT molecular complexity index is 409. The van der Waals surface area contributed by atoms with Crippen molar-refractivity contribution >= 4 is 23.3 Å². The second kappa shape index (κ2) is 5.91. The number of nitrogens with one attached hydrogen (secondary N) is 1. The topological polar surface area (TPSA) is 53.1 Å². The molecule has 94 valence electrons. The second-order valence-electron chi connectivity index (χ2n) is 3.99. The van der Waals surface area contributed by atoms with Crippen LogP contribution in [0.2, 0.25) is 0 Å². The fourth-order valence-electron chi connectivity index (χ4n) is 1.62. The molecule has 1 unspecified atom stereocenters. The average Bonchev–Trinajstić information content (AvgIpc) is 2.28. The average molecular weight is 255 g/mol. The van der Waals surface area contributed by atoms with Gasteiger partial charge in [-0.05, 0) is 31.4 Å². The number of hydrogen-bond acceptors (Lipinski definition) is 3. The Morgan fingerprint density at radius 3 is 2.76 bits per heavy atom. The molecular formula is C12H18FN3S. The Labute approximate surface area is 106 Å². The first kappa shape index (κ1) is 13.8. The number of anilines is 1. The molecule has 0 aliphatic carbocycles. The number of thioether (sulfide) groups is 1. The third-order valence-electron chi connectivity index (χ3n) is 2.70. The lowest BCUT2D eigenvalue weighted by molar-refractivity contribution is 0.626. The van der Waals surface area contributed by atoms with E-state index in [1.54, 1.807) is 17.8 Å². The van der Waals surface area contributed by atoms with Crippen molar-refractivity contribution in [2.24, 2.45) is 5.73 Å². The van der Waals surface area contributed by atoms with Gasteiger partial charge in [0.1, 0.15) is 11.7 Å². The number of halogens is 1. The summed E-state index contributed by atoms with van der Waals surface area (Å²) in [5.41, 5.74) is 6.72. The Hall–Kier alpha value is -1.23. The number of rotatable bonds is 5. The predicted octanol–water partition coefficient (Wildman–Crippen LogP) is 2.30. The molecule has 3 N–H and O–H groups in total. The van der Waals surface area contributed by atoms with Gasteiger partial charge in [-0.2, -0.15) is 11.8 Å². The Morgan fingerprint density at radius 1 is 1.59 bits per heavy atom. The van der Waals surface area contributed by atoms with Crippen LogP contribution in [0.3, 0.4) is 0 Å². The molecule has 0 saturated heterocycles. The smallest absolute Gasteiger partial charge is 0.125 e. The molecule has 0 bridgehead atoms. The van der Waals surface area contributed by atoms with Gasteiger partial charge in [0.05, 0.1) is 0 Å². The molecule has 0 aromatic heterocycles. The number of amidine groups is 1. The lowest BCUT2D eigenvalue weighted by Crippen LogP contribution is -2.32. The second-order valence-corrected chi connectivity index (χ2v) is 4.90. The molecule has 1 rings (SSSR count). The summed E-state index contributed by atoms with van der Waals surface area (Å²) < 4.78 is 13.1. The van der Waals surface area contributed by atoms with E-state index in [1.807, 2.05) is 18.2 Å². The van der Waals surface area contributed by atoms with Crippen LogP contribution in [-0.4, -0.2) is 30.9 Å². The summed E-state index contributed by atoms with van der Waals surface area (Å²) in [6.07, 6.45) is 2.04. The van der Waals surface area contributed by atoms with Gasteiger partial charge in [-0.3, -0.25) is 5.41 Å². The van der Waals surface area contributed by atoms with E-state index in [0.717, 1.165) is 11.4 Å². The van der Waals surface area contributed by atoms with Crippen molar-refractivity contribution in [3.63, 3.8) is 0 Å². The molecule has 0 aliphatic rings. The molecule has 0 spiro atoms. The van der Waals surface area contributed by atoms with E-state index in [1.165, 1.54) is 12.1 Å². The Balaban J connectivity index is 3.08. The number of nitrogens with two attached hydrogens (primary N) is 1. The highest BCUT2D eigenvalue weighted by Gasteiger charge is 2.15.